The van der Waals surface area contributed by atoms with Crippen LogP contribution in [0.4, 0.5) is 0 Å². The minimum atomic E-state index is -2.58. The molecule has 0 spiro atoms. The maximum atomic E-state index is 13.4. The highest BCUT2D eigenvalue weighted by Gasteiger charge is 2.65. The highest BCUT2D eigenvalue weighted by molar-refractivity contribution is 6.24. The number of rotatable bonds is 1. The van der Waals surface area contributed by atoms with E-state index in [-0.39, 0.29) is 29.2 Å². The van der Waals surface area contributed by atoms with Crippen molar-refractivity contribution in [3.05, 3.63) is 52.0 Å². The third-order valence-corrected chi connectivity index (χ3v) is 7.41. The smallest absolute Gasteiger partial charge is 0.255 e. The molecule has 1 amide bonds. The molecule has 0 saturated carbocycles. The Morgan fingerprint density at radius 1 is 1.17 bits per heavy atom. The molecule has 3 aliphatic carbocycles. The van der Waals surface area contributed by atoms with E-state index in [1.54, 1.807) is 19.1 Å². The summed E-state index contributed by atoms with van der Waals surface area (Å²) in [5, 5.41) is 43.3. The molecule has 30 heavy (non-hydrogen) atoms. The molecule has 8 nitrogen and oxygen atoms in total. The normalized spacial score (nSPS) is 35.7. The van der Waals surface area contributed by atoms with Crippen LogP contribution in [0.2, 0.25) is 0 Å². The lowest BCUT2D eigenvalue weighted by Crippen LogP contribution is -2.61. The quantitative estimate of drug-likeness (QED) is 0.439. The van der Waals surface area contributed by atoms with Crippen molar-refractivity contribution in [2.75, 3.05) is 0 Å². The van der Waals surface area contributed by atoms with Gasteiger partial charge in [0.15, 0.2) is 11.4 Å². The van der Waals surface area contributed by atoms with Gasteiger partial charge in [-0.15, -0.1) is 0 Å². The summed E-state index contributed by atoms with van der Waals surface area (Å²) in [7, 11) is 0. The van der Waals surface area contributed by atoms with E-state index in [0.29, 0.717) is 5.56 Å². The third kappa shape index (κ3) is 2.11. The predicted octanol–water partition coefficient (Wildman–Crippen LogP) is 1.78. The number of fused-ring (bicyclic) bond motifs is 3. The number of carbonyl (C=O) groups excluding carboxylic acids is 3. The Balaban J connectivity index is 2.04. The van der Waals surface area contributed by atoms with Gasteiger partial charge in [-0.2, -0.15) is 0 Å². The van der Waals surface area contributed by atoms with Crippen LogP contribution in [0.5, 0.6) is 5.75 Å². The van der Waals surface area contributed by atoms with E-state index in [2.05, 4.69) is 0 Å². The fourth-order valence-electron chi connectivity index (χ4n) is 5.52. The van der Waals surface area contributed by atoms with Crippen LogP contribution >= 0.6 is 0 Å². The molecule has 0 fully saturated rings. The molecule has 0 heterocycles. The van der Waals surface area contributed by atoms with E-state index in [1.165, 1.54) is 13.0 Å². The summed E-state index contributed by atoms with van der Waals surface area (Å²) < 4.78 is 0. The SMILES string of the molecule is C[C@@H]1C(O)=C(C(N)=O)C(=O)[C@@]2(O)C(O)=C3C(=O)c4c(O)cccc4[C@H](C)[C@@]3(C)C[C@@H]12. The van der Waals surface area contributed by atoms with Crippen molar-refractivity contribution in [3.63, 3.8) is 0 Å². The van der Waals surface area contributed by atoms with Gasteiger partial charge >= 0.3 is 0 Å². The molecule has 0 saturated heterocycles. The monoisotopic (exact) mass is 413 g/mol. The molecular weight excluding hydrogens is 390 g/mol. The number of hydrogen-bond acceptors (Lipinski definition) is 7. The first-order valence-corrected chi connectivity index (χ1v) is 9.69. The number of benzene rings is 1. The van der Waals surface area contributed by atoms with E-state index in [1.807, 2.05) is 6.92 Å². The minimum absolute atomic E-state index is 0.0101. The number of aliphatic hydroxyl groups is 3. The zero-order valence-electron chi connectivity index (χ0n) is 16.8. The Morgan fingerprint density at radius 2 is 1.80 bits per heavy atom. The lowest BCUT2D eigenvalue weighted by Gasteiger charge is -2.54. The number of hydrogen-bond donors (Lipinski definition) is 5. The maximum Gasteiger partial charge on any atom is 0.255 e. The zero-order chi connectivity index (χ0) is 22.3. The van der Waals surface area contributed by atoms with Gasteiger partial charge < -0.3 is 26.2 Å². The number of allylic oxidation sites excluding steroid dienone is 2. The second-order valence-corrected chi connectivity index (χ2v) is 8.75. The topological polar surface area (TPSA) is 158 Å². The van der Waals surface area contributed by atoms with Gasteiger partial charge in [-0.25, -0.2) is 0 Å². The molecule has 8 heteroatoms. The largest absolute Gasteiger partial charge is 0.511 e. The summed E-state index contributed by atoms with van der Waals surface area (Å²) in [6.45, 7) is 5.11. The molecule has 0 bridgehead atoms. The summed E-state index contributed by atoms with van der Waals surface area (Å²) in [6, 6.07) is 4.69. The lowest BCUT2D eigenvalue weighted by atomic mass is 9.50. The Labute approximate surface area is 172 Å². The van der Waals surface area contributed by atoms with Crippen LogP contribution in [0, 0.1) is 17.3 Å². The van der Waals surface area contributed by atoms with Gasteiger partial charge in [0.25, 0.3) is 5.91 Å². The molecule has 1 aromatic carbocycles. The number of nitrogens with two attached hydrogens (primary N) is 1. The van der Waals surface area contributed by atoms with E-state index in [0.717, 1.165) is 0 Å². The van der Waals surface area contributed by atoms with Crippen LogP contribution in [-0.2, 0) is 9.59 Å². The first kappa shape index (κ1) is 20.2. The van der Waals surface area contributed by atoms with E-state index in [9.17, 15) is 34.8 Å². The zero-order valence-corrected chi connectivity index (χ0v) is 16.8. The summed E-state index contributed by atoms with van der Waals surface area (Å²) >= 11 is 0. The molecule has 5 atom stereocenters. The highest BCUT2D eigenvalue weighted by Crippen LogP contribution is 2.61. The molecule has 158 valence electrons. The molecule has 0 radical (unpaired) electrons. The summed E-state index contributed by atoms with van der Waals surface area (Å²) in [6.07, 6.45) is 0.0773. The minimum Gasteiger partial charge on any atom is -0.511 e. The molecule has 1 aromatic rings. The summed E-state index contributed by atoms with van der Waals surface area (Å²) in [4.78, 5) is 38.2. The van der Waals surface area contributed by atoms with Gasteiger partial charge in [0.2, 0.25) is 5.78 Å². The molecule has 0 aliphatic heterocycles. The highest BCUT2D eigenvalue weighted by atomic mass is 16.3. The van der Waals surface area contributed by atoms with Gasteiger partial charge in [0.05, 0.1) is 5.56 Å². The second kappa shape index (κ2) is 5.95. The predicted molar refractivity (Wildman–Crippen MR) is 105 cm³/mol. The molecule has 6 N–H and O–H groups in total. The molecule has 3 aliphatic rings. The van der Waals surface area contributed by atoms with Crippen molar-refractivity contribution in [1.82, 2.24) is 0 Å². The van der Waals surface area contributed by atoms with Crippen LogP contribution in [0.25, 0.3) is 0 Å². The Bertz CT molecular complexity index is 1100. The van der Waals surface area contributed by atoms with E-state index >= 15 is 0 Å². The average Bonchev–Trinajstić information content (AvgIpc) is 2.67. The maximum absolute atomic E-state index is 13.4. The summed E-state index contributed by atoms with van der Waals surface area (Å²) in [5.74, 6) is -7.01. The van der Waals surface area contributed by atoms with Gasteiger partial charge in [-0.1, -0.05) is 32.9 Å². The van der Waals surface area contributed by atoms with Gasteiger partial charge in [0.1, 0.15) is 22.8 Å². The van der Waals surface area contributed by atoms with E-state index < -0.39 is 57.4 Å². The number of phenols is 1. The van der Waals surface area contributed by atoms with Crippen molar-refractivity contribution >= 4 is 17.5 Å². The first-order chi connectivity index (χ1) is 13.9. The average molecular weight is 413 g/mol. The second-order valence-electron chi connectivity index (χ2n) is 8.75. The van der Waals surface area contributed by atoms with Gasteiger partial charge in [-0.05, 0) is 24.0 Å². The Morgan fingerprint density at radius 3 is 2.40 bits per heavy atom. The molecular formula is C22H23NO7. The van der Waals surface area contributed by atoms with Crippen molar-refractivity contribution in [2.24, 2.45) is 23.0 Å². The lowest BCUT2D eigenvalue weighted by molar-refractivity contribution is -0.149. The van der Waals surface area contributed by atoms with Crippen LogP contribution < -0.4 is 5.73 Å². The van der Waals surface area contributed by atoms with Gasteiger partial charge in [-0.3, -0.25) is 14.4 Å². The van der Waals surface area contributed by atoms with Crippen LogP contribution in [0.1, 0.15) is 49.0 Å². The number of amides is 1. The Kier molecular flexibility index (Phi) is 4.00. The number of carbonyl (C=O) groups is 3. The molecule has 0 aromatic heterocycles. The van der Waals surface area contributed by atoms with Crippen LogP contribution in [0.3, 0.4) is 0 Å². The summed E-state index contributed by atoms with van der Waals surface area (Å²) in [5.41, 5.74) is 1.32. The Hall–Kier alpha value is -3.13. The number of Topliss-reactive ketones (excluding diaryl/α,β-unsaturated/α-hetero) is 2. The number of primary amides is 1. The molecule has 0 unspecified atom stereocenters. The number of aliphatic hydroxyl groups excluding tert-OH is 2. The number of phenolic OH excluding ortho intramolecular Hbond substituents is 1. The third-order valence-electron chi connectivity index (χ3n) is 7.41. The van der Waals surface area contributed by atoms with Gasteiger partial charge in [0, 0.05) is 22.8 Å². The fourth-order valence-corrected chi connectivity index (χ4v) is 5.52. The first-order valence-electron chi connectivity index (χ1n) is 9.69. The van der Waals surface area contributed by atoms with Crippen molar-refractivity contribution in [1.29, 1.82) is 0 Å². The van der Waals surface area contributed by atoms with Crippen LogP contribution in [-0.4, -0.2) is 43.5 Å². The molecule has 4 rings (SSSR count). The van der Waals surface area contributed by atoms with E-state index in [4.69, 9.17) is 5.73 Å². The number of aromatic hydroxyl groups is 1. The van der Waals surface area contributed by atoms with Crippen LogP contribution in [0.15, 0.2) is 40.9 Å². The fraction of sp³-hybridized carbons (Fsp3) is 0.409. The van der Waals surface area contributed by atoms with Crippen molar-refractivity contribution < 1.29 is 34.8 Å². The van der Waals surface area contributed by atoms with Crippen molar-refractivity contribution in [2.45, 2.75) is 38.7 Å². The standard InChI is InChI=1S/C22H23NO7/c1-8-11-7-21(3)9(2)10-5-4-6-12(24)13(10)17(26)15(21)19(28)22(11,30)18(27)14(16(8)25)20(23)29/h4-6,8-9,11,24-25,28,30H,7H2,1-3H3,(H2,23,29)/t8-,9-,11-,21+,22+/m0/s1. The number of ketones is 2. The van der Waals surface area contributed by atoms with Crippen molar-refractivity contribution in [3.8, 4) is 5.75 Å².